The molecular weight excluding hydrogens is 222 g/mol. The third kappa shape index (κ3) is 4.38. The molecule has 5 heteroatoms. The number of hydrogen-bond donors (Lipinski definition) is 1. The molecule has 17 heavy (non-hydrogen) atoms. The average molecular weight is 235 g/mol. The van der Waals surface area contributed by atoms with Crippen molar-refractivity contribution in [3.8, 4) is 5.75 Å². The van der Waals surface area contributed by atoms with E-state index in [4.69, 9.17) is 10.5 Å². The largest absolute Gasteiger partial charge is 0.465 e. The summed E-state index contributed by atoms with van der Waals surface area (Å²) >= 11 is 0. The molecule has 0 saturated carbocycles. The molecule has 1 aromatic carbocycles. The number of ether oxygens (including phenoxy) is 2. The van der Waals surface area contributed by atoms with Gasteiger partial charge in [-0.25, -0.2) is 4.79 Å². The molecule has 0 fully saturated rings. The number of primary amides is 1. The van der Waals surface area contributed by atoms with Crippen molar-refractivity contribution in [2.24, 2.45) is 5.73 Å². The highest BCUT2D eigenvalue weighted by Gasteiger charge is 1.99. The van der Waals surface area contributed by atoms with Crippen molar-refractivity contribution < 1.29 is 19.1 Å². The lowest BCUT2D eigenvalue weighted by atomic mass is 10.2. The van der Waals surface area contributed by atoms with Crippen molar-refractivity contribution >= 4 is 11.9 Å². The predicted octanol–water partition coefficient (Wildman–Crippen LogP) is 1.24. The average Bonchev–Trinajstić information content (AvgIpc) is 2.30. The number of amides is 1. The Labute approximate surface area is 98.8 Å². The molecule has 1 amide bonds. The second kappa shape index (κ2) is 6.32. The zero-order chi connectivity index (χ0) is 12.7. The van der Waals surface area contributed by atoms with Crippen LogP contribution in [0.4, 0.5) is 0 Å². The summed E-state index contributed by atoms with van der Waals surface area (Å²) in [5.41, 5.74) is 5.48. The van der Waals surface area contributed by atoms with Gasteiger partial charge in [0.2, 0.25) is 5.91 Å². The van der Waals surface area contributed by atoms with E-state index in [1.54, 1.807) is 19.1 Å². The molecule has 0 radical (unpaired) electrons. The minimum atomic E-state index is -0.501. The van der Waals surface area contributed by atoms with Crippen LogP contribution in [0.1, 0.15) is 17.3 Å². The summed E-state index contributed by atoms with van der Waals surface area (Å²) in [6.07, 6.45) is 2.39. The Morgan fingerprint density at radius 3 is 2.47 bits per heavy atom. The van der Waals surface area contributed by atoms with Crippen molar-refractivity contribution in [3.05, 3.63) is 42.2 Å². The van der Waals surface area contributed by atoms with Crippen LogP contribution in [0.3, 0.4) is 0 Å². The number of rotatable bonds is 5. The van der Waals surface area contributed by atoms with Gasteiger partial charge in [0, 0.05) is 5.56 Å². The Morgan fingerprint density at radius 2 is 1.94 bits per heavy atom. The van der Waals surface area contributed by atoms with E-state index < -0.39 is 11.9 Å². The number of carbonyl (C=O) groups is 2. The number of benzene rings is 1. The van der Waals surface area contributed by atoms with Crippen LogP contribution < -0.4 is 10.5 Å². The molecule has 0 aliphatic rings. The summed E-state index contributed by atoms with van der Waals surface area (Å²) in [7, 11) is 0. The Bertz CT molecular complexity index is 423. The van der Waals surface area contributed by atoms with Crippen molar-refractivity contribution in [1.82, 2.24) is 0 Å². The molecule has 2 N–H and O–H groups in total. The standard InChI is InChI=1S/C12H13NO4/c1-2-16-11(14)7-8-17-10-5-3-9(4-6-10)12(13)15/h3-8H,2H2,1H3,(H2,13,15)/b8-7-. The van der Waals surface area contributed by atoms with E-state index in [9.17, 15) is 9.59 Å². The maximum Gasteiger partial charge on any atom is 0.333 e. The first-order chi connectivity index (χ1) is 8.13. The molecule has 5 nitrogen and oxygen atoms in total. The zero-order valence-electron chi connectivity index (χ0n) is 9.38. The smallest absolute Gasteiger partial charge is 0.333 e. The van der Waals surface area contributed by atoms with Crippen molar-refractivity contribution in [2.45, 2.75) is 6.92 Å². The van der Waals surface area contributed by atoms with Gasteiger partial charge in [0.15, 0.2) is 0 Å². The molecule has 0 saturated heterocycles. The second-order valence-corrected chi connectivity index (χ2v) is 3.06. The molecule has 0 unspecified atom stereocenters. The maximum absolute atomic E-state index is 10.9. The molecule has 0 heterocycles. The van der Waals surface area contributed by atoms with Crippen LogP contribution in [0.2, 0.25) is 0 Å². The van der Waals surface area contributed by atoms with E-state index in [1.807, 2.05) is 0 Å². The fourth-order valence-electron chi connectivity index (χ4n) is 1.06. The zero-order valence-corrected chi connectivity index (χ0v) is 9.38. The van der Waals surface area contributed by atoms with Crippen LogP contribution in [-0.2, 0) is 9.53 Å². The van der Waals surface area contributed by atoms with E-state index in [1.165, 1.54) is 24.5 Å². The number of hydrogen-bond acceptors (Lipinski definition) is 4. The number of carbonyl (C=O) groups excluding carboxylic acids is 2. The van der Waals surface area contributed by atoms with Gasteiger partial charge in [0.05, 0.1) is 18.9 Å². The molecule has 0 aliphatic heterocycles. The summed E-state index contributed by atoms with van der Waals surface area (Å²) in [6.45, 7) is 2.03. The lowest BCUT2D eigenvalue weighted by molar-refractivity contribution is -0.137. The summed E-state index contributed by atoms with van der Waals surface area (Å²) < 4.78 is 9.79. The fourth-order valence-corrected chi connectivity index (χ4v) is 1.06. The molecule has 0 aliphatic carbocycles. The quantitative estimate of drug-likeness (QED) is 0.473. The van der Waals surface area contributed by atoms with Crippen LogP contribution in [0, 0.1) is 0 Å². The highest BCUT2D eigenvalue weighted by Crippen LogP contribution is 2.11. The van der Waals surface area contributed by atoms with E-state index in [0.29, 0.717) is 17.9 Å². The van der Waals surface area contributed by atoms with Crippen LogP contribution in [0.5, 0.6) is 5.75 Å². The highest BCUT2D eigenvalue weighted by atomic mass is 16.5. The molecule has 0 bridgehead atoms. The third-order valence-electron chi connectivity index (χ3n) is 1.83. The van der Waals surface area contributed by atoms with Crippen LogP contribution >= 0.6 is 0 Å². The first kappa shape index (κ1) is 12.8. The van der Waals surface area contributed by atoms with Gasteiger partial charge in [-0.15, -0.1) is 0 Å². The Hall–Kier alpha value is -2.30. The van der Waals surface area contributed by atoms with E-state index in [2.05, 4.69) is 4.74 Å². The predicted molar refractivity (Wildman–Crippen MR) is 61.4 cm³/mol. The molecular formula is C12H13NO4. The monoisotopic (exact) mass is 235 g/mol. The second-order valence-electron chi connectivity index (χ2n) is 3.06. The minimum Gasteiger partial charge on any atom is -0.465 e. The van der Waals surface area contributed by atoms with Crippen LogP contribution in [-0.4, -0.2) is 18.5 Å². The summed E-state index contributed by atoms with van der Waals surface area (Å²) in [6, 6.07) is 6.23. The molecule has 0 aromatic heterocycles. The maximum atomic E-state index is 10.9. The first-order valence-electron chi connectivity index (χ1n) is 5.03. The first-order valence-corrected chi connectivity index (χ1v) is 5.03. The molecule has 0 atom stereocenters. The lowest BCUT2D eigenvalue weighted by Gasteiger charge is -2.00. The van der Waals surface area contributed by atoms with E-state index >= 15 is 0 Å². The third-order valence-corrected chi connectivity index (χ3v) is 1.83. The van der Waals surface area contributed by atoms with E-state index in [0.717, 1.165) is 0 Å². The van der Waals surface area contributed by atoms with Gasteiger partial charge in [-0.2, -0.15) is 0 Å². The highest BCUT2D eigenvalue weighted by molar-refractivity contribution is 5.92. The van der Waals surface area contributed by atoms with Crippen molar-refractivity contribution in [2.75, 3.05) is 6.61 Å². The Kier molecular flexibility index (Phi) is 4.75. The molecule has 1 aromatic rings. The summed E-state index contributed by atoms with van der Waals surface area (Å²) in [5, 5.41) is 0. The topological polar surface area (TPSA) is 78.6 Å². The van der Waals surface area contributed by atoms with Gasteiger partial charge in [0.25, 0.3) is 0 Å². The molecule has 90 valence electrons. The van der Waals surface area contributed by atoms with E-state index in [-0.39, 0.29) is 0 Å². The SMILES string of the molecule is CCOC(=O)/C=C\Oc1ccc(C(N)=O)cc1. The minimum absolute atomic E-state index is 0.316. The molecule has 0 spiro atoms. The fraction of sp³-hybridized carbons (Fsp3) is 0.167. The normalized spacial score (nSPS) is 10.2. The number of nitrogens with two attached hydrogens (primary N) is 1. The number of esters is 1. The molecule has 1 rings (SSSR count). The van der Waals surface area contributed by atoms with Gasteiger partial charge >= 0.3 is 5.97 Å². The lowest BCUT2D eigenvalue weighted by Crippen LogP contribution is -2.10. The van der Waals surface area contributed by atoms with Crippen LogP contribution in [0.25, 0.3) is 0 Å². The Morgan fingerprint density at radius 1 is 1.29 bits per heavy atom. The van der Waals surface area contributed by atoms with Crippen molar-refractivity contribution in [3.63, 3.8) is 0 Å². The van der Waals surface area contributed by atoms with Gasteiger partial charge in [0.1, 0.15) is 5.75 Å². The van der Waals surface area contributed by atoms with Crippen molar-refractivity contribution in [1.29, 1.82) is 0 Å². The summed E-state index contributed by atoms with van der Waals surface area (Å²) in [4.78, 5) is 21.7. The Balaban J connectivity index is 2.52. The van der Waals surface area contributed by atoms with Gasteiger partial charge in [-0.05, 0) is 31.2 Å². The van der Waals surface area contributed by atoms with Gasteiger partial charge in [-0.1, -0.05) is 0 Å². The summed E-state index contributed by atoms with van der Waals surface area (Å²) in [5.74, 6) is -0.476. The van der Waals surface area contributed by atoms with Gasteiger partial charge in [-0.3, -0.25) is 4.79 Å². The van der Waals surface area contributed by atoms with Gasteiger partial charge < -0.3 is 15.2 Å². The van der Waals surface area contributed by atoms with Crippen LogP contribution in [0.15, 0.2) is 36.6 Å².